The number of rotatable bonds is 54. The zero-order valence-corrected chi connectivity index (χ0v) is 46.8. The average molecular weight is 991 g/mol. The van der Waals surface area contributed by atoms with E-state index in [2.05, 4.69) is 105 Å². The SMILES string of the molecule is CC/C=C\C/C=C\C/C=C\C/C=C\C/C=C\C/C=C\CCC(=O)OC(CCCCCCCCC/C=C/CCCCCCCC)CC(=O)NC(CO)C(O)CCCCCCCCCCCCCCCCCC. The van der Waals surface area contributed by atoms with Crippen molar-refractivity contribution in [2.45, 2.75) is 309 Å². The molecule has 0 aliphatic rings. The van der Waals surface area contributed by atoms with Crippen LogP contribution in [-0.4, -0.2) is 46.9 Å². The molecule has 0 aliphatic carbocycles. The summed E-state index contributed by atoms with van der Waals surface area (Å²) in [6.07, 6.45) is 76.6. The predicted octanol–water partition coefficient (Wildman–Crippen LogP) is 19.1. The second-order valence-corrected chi connectivity index (χ2v) is 20.4. The summed E-state index contributed by atoms with van der Waals surface area (Å²) in [5.41, 5.74) is 0. The lowest BCUT2D eigenvalue weighted by Gasteiger charge is -2.24. The predicted molar refractivity (Wildman–Crippen MR) is 310 cm³/mol. The van der Waals surface area contributed by atoms with E-state index in [-0.39, 0.29) is 31.3 Å². The zero-order chi connectivity index (χ0) is 51.6. The third kappa shape index (κ3) is 53.2. The van der Waals surface area contributed by atoms with E-state index in [0.29, 0.717) is 19.3 Å². The Hall–Kier alpha value is -2.96. The van der Waals surface area contributed by atoms with Crippen molar-refractivity contribution >= 4 is 11.9 Å². The Balaban J connectivity index is 4.67. The molecule has 0 aromatic rings. The maximum atomic E-state index is 13.3. The fourth-order valence-electron chi connectivity index (χ4n) is 8.92. The summed E-state index contributed by atoms with van der Waals surface area (Å²) in [6, 6.07) is -0.723. The van der Waals surface area contributed by atoms with Gasteiger partial charge in [0.2, 0.25) is 5.91 Å². The van der Waals surface area contributed by atoms with Gasteiger partial charge in [0.05, 0.1) is 25.2 Å². The molecule has 0 saturated carbocycles. The second kappa shape index (κ2) is 57.9. The molecule has 0 rings (SSSR count). The van der Waals surface area contributed by atoms with Crippen LogP contribution in [0, 0.1) is 0 Å². The van der Waals surface area contributed by atoms with Crippen LogP contribution >= 0.6 is 0 Å². The number of ether oxygens (including phenoxy) is 1. The van der Waals surface area contributed by atoms with Gasteiger partial charge in [-0.1, -0.05) is 273 Å². The molecule has 3 unspecified atom stereocenters. The monoisotopic (exact) mass is 990 g/mol. The van der Waals surface area contributed by atoms with Gasteiger partial charge in [-0.15, -0.1) is 0 Å². The fourth-order valence-corrected chi connectivity index (χ4v) is 8.92. The highest BCUT2D eigenvalue weighted by Gasteiger charge is 2.24. The minimum Gasteiger partial charge on any atom is -0.462 e. The van der Waals surface area contributed by atoms with Crippen molar-refractivity contribution in [2.24, 2.45) is 0 Å². The Bertz CT molecular complexity index is 1340. The Morgan fingerprint density at radius 3 is 1.15 bits per heavy atom. The van der Waals surface area contributed by atoms with Crippen LogP contribution in [0.1, 0.15) is 290 Å². The van der Waals surface area contributed by atoms with Gasteiger partial charge in [0, 0.05) is 6.42 Å². The molecule has 410 valence electrons. The summed E-state index contributed by atoms with van der Waals surface area (Å²) >= 11 is 0. The van der Waals surface area contributed by atoms with Gasteiger partial charge in [0.1, 0.15) is 6.10 Å². The molecule has 71 heavy (non-hydrogen) atoms. The lowest BCUT2D eigenvalue weighted by atomic mass is 10.0. The van der Waals surface area contributed by atoms with E-state index in [4.69, 9.17) is 4.74 Å². The lowest BCUT2D eigenvalue weighted by Crippen LogP contribution is -2.46. The van der Waals surface area contributed by atoms with E-state index in [9.17, 15) is 19.8 Å². The number of esters is 1. The summed E-state index contributed by atoms with van der Waals surface area (Å²) in [7, 11) is 0. The largest absolute Gasteiger partial charge is 0.462 e. The molecule has 6 nitrogen and oxygen atoms in total. The molecule has 0 aliphatic heterocycles. The van der Waals surface area contributed by atoms with Crippen molar-refractivity contribution < 1.29 is 24.5 Å². The maximum Gasteiger partial charge on any atom is 0.306 e. The summed E-state index contributed by atoms with van der Waals surface area (Å²) < 4.78 is 5.93. The Morgan fingerprint density at radius 1 is 0.423 bits per heavy atom. The number of allylic oxidation sites excluding steroid dienone is 14. The molecule has 6 heteroatoms. The van der Waals surface area contributed by atoms with E-state index in [0.717, 1.165) is 77.0 Å². The van der Waals surface area contributed by atoms with E-state index in [1.807, 2.05) is 6.08 Å². The first kappa shape index (κ1) is 68.0. The van der Waals surface area contributed by atoms with Gasteiger partial charge in [0.25, 0.3) is 0 Å². The highest BCUT2D eigenvalue weighted by Crippen LogP contribution is 2.18. The van der Waals surface area contributed by atoms with Crippen LogP contribution in [0.15, 0.2) is 85.1 Å². The summed E-state index contributed by atoms with van der Waals surface area (Å²) in [6.45, 7) is 6.38. The van der Waals surface area contributed by atoms with Crippen molar-refractivity contribution in [1.29, 1.82) is 0 Å². The van der Waals surface area contributed by atoms with Crippen LogP contribution < -0.4 is 5.32 Å². The molecule has 0 radical (unpaired) electrons. The smallest absolute Gasteiger partial charge is 0.306 e. The summed E-state index contributed by atoms with van der Waals surface area (Å²) in [5, 5.41) is 23.9. The van der Waals surface area contributed by atoms with Gasteiger partial charge in [-0.05, 0) is 89.9 Å². The topological polar surface area (TPSA) is 95.9 Å². The zero-order valence-electron chi connectivity index (χ0n) is 46.8. The molecule has 0 aromatic carbocycles. The van der Waals surface area contributed by atoms with Crippen molar-refractivity contribution in [2.75, 3.05) is 6.61 Å². The number of hydrogen-bond donors (Lipinski definition) is 3. The number of amides is 1. The van der Waals surface area contributed by atoms with Crippen molar-refractivity contribution in [3.8, 4) is 0 Å². The van der Waals surface area contributed by atoms with Gasteiger partial charge in [0.15, 0.2) is 0 Å². The van der Waals surface area contributed by atoms with Crippen LogP contribution in [0.5, 0.6) is 0 Å². The number of carbonyl (C=O) groups is 2. The molecule has 3 atom stereocenters. The molecule has 0 saturated heterocycles. The lowest BCUT2D eigenvalue weighted by molar-refractivity contribution is -0.150. The molecular formula is C65H115NO5. The summed E-state index contributed by atoms with van der Waals surface area (Å²) in [5.74, 6) is -0.573. The first-order chi connectivity index (χ1) is 35.0. The first-order valence-corrected chi connectivity index (χ1v) is 30.3. The van der Waals surface area contributed by atoms with E-state index >= 15 is 0 Å². The Morgan fingerprint density at radius 2 is 0.761 bits per heavy atom. The number of nitrogens with one attached hydrogen (secondary N) is 1. The van der Waals surface area contributed by atoms with Crippen LogP contribution in [0.4, 0.5) is 0 Å². The second-order valence-electron chi connectivity index (χ2n) is 20.4. The molecular weight excluding hydrogens is 875 g/mol. The van der Waals surface area contributed by atoms with Gasteiger partial charge >= 0.3 is 5.97 Å². The number of carbonyl (C=O) groups excluding carboxylic acids is 2. The molecule has 0 fully saturated rings. The van der Waals surface area contributed by atoms with Crippen LogP contribution in [0.25, 0.3) is 0 Å². The highest BCUT2D eigenvalue weighted by atomic mass is 16.5. The van der Waals surface area contributed by atoms with Crippen LogP contribution in [0.3, 0.4) is 0 Å². The molecule has 0 bridgehead atoms. The van der Waals surface area contributed by atoms with Gasteiger partial charge in [-0.3, -0.25) is 9.59 Å². The third-order valence-electron chi connectivity index (χ3n) is 13.5. The fraction of sp³-hybridized carbons (Fsp3) is 0.754. The summed E-state index contributed by atoms with van der Waals surface area (Å²) in [4.78, 5) is 26.3. The normalized spacial score (nSPS) is 13.7. The maximum absolute atomic E-state index is 13.3. The van der Waals surface area contributed by atoms with Gasteiger partial charge in [-0.2, -0.15) is 0 Å². The van der Waals surface area contributed by atoms with Crippen molar-refractivity contribution in [1.82, 2.24) is 5.32 Å². The molecule has 3 N–H and O–H groups in total. The highest BCUT2D eigenvalue weighted by molar-refractivity contribution is 5.77. The first-order valence-electron chi connectivity index (χ1n) is 30.3. The number of aliphatic hydroxyl groups excluding tert-OH is 2. The van der Waals surface area contributed by atoms with Crippen LogP contribution in [0.2, 0.25) is 0 Å². The molecule has 1 amide bonds. The van der Waals surface area contributed by atoms with E-state index in [1.165, 1.54) is 161 Å². The van der Waals surface area contributed by atoms with Crippen molar-refractivity contribution in [3.05, 3.63) is 85.1 Å². The minimum atomic E-state index is -0.806. The molecule has 0 aromatic heterocycles. The minimum absolute atomic E-state index is 0.0420. The van der Waals surface area contributed by atoms with Crippen LogP contribution in [-0.2, 0) is 14.3 Å². The van der Waals surface area contributed by atoms with E-state index < -0.39 is 18.2 Å². The Labute approximate surface area is 440 Å². The van der Waals surface area contributed by atoms with Gasteiger partial charge < -0.3 is 20.3 Å². The quantitative estimate of drug-likeness (QED) is 0.0321. The van der Waals surface area contributed by atoms with Crippen molar-refractivity contribution in [3.63, 3.8) is 0 Å². The van der Waals surface area contributed by atoms with Gasteiger partial charge in [-0.25, -0.2) is 0 Å². The molecule has 0 heterocycles. The standard InChI is InChI=1S/C65H115NO5/c1-4-7-10-13-16-19-22-25-28-31-32-34-37-40-43-46-49-52-55-58-65(70)71-61(56-53-50-47-44-41-38-35-33-29-26-23-20-17-14-11-8-5-2)59-64(69)66-62(60-67)63(68)57-54-51-48-45-42-39-36-30-27-24-21-18-15-12-9-6-3/h7,10,16,19,25-26,28-29,32,34,40,43,49,52,61-63,67-68H,4-6,8-9,11-15,17-18,20-24,27,30-31,33,35-39,41-42,44-48,50-51,53-60H2,1-3H3,(H,66,69)/b10-7-,19-16-,28-25-,29-26+,34-32-,43-40-,52-49-. The van der Waals surface area contributed by atoms with E-state index in [1.54, 1.807) is 0 Å². The average Bonchev–Trinajstić information content (AvgIpc) is 3.36. The third-order valence-corrected chi connectivity index (χ3v) is 13.5. The Kier molecular flexibility index (Phi) is 55.5. The number of hydrogen-bond acceptors (Lipinski definition) is 5. The molecule has 0 spiro atoms. The number of unbranched alkanes of at least 4 members (excludes halogenated alkanes) is 28. The number of aliphatic hydroxyl groups is 2.